The number of fused-ring (bicyclic) bond motifs is 3. The molecule has 0 spiro atoms. The SMILES string of the molecule is O=S1N=CC=C2C1=Cc1ccccc12. The summed E-state index contributed by atoms with van der Waals surface area (Å²) < 4.78 is 15.4. The van der Waals surface area contributed by atoms with Crippen molar-refractivity contribution in [3.8, 4) is 0 Å². The summed E-state index contributed by atoms with van der Waals surface area (Å²) in [5.41, 5.74) is 3.34. The number of benzene rings is 1. The Balaban J connectivity index is 2.29. The number of nitrogens with zero attached hydrogens (tertiary/aromatic N) is 1. The van der Waals surface area contributed by atoms with Crippen LogP contribution >= 0.6 is 0 Å². The van der Waals surface area contributed by atoms with Crippen LogP contribution in [0.4, 0.5) is 0 Å². The van der Waals surface area contributed by atoms with Crippen molar-refractivity contribution in [3.05, 3.63) is 46.4 Å². The highest BCUT2D eigenvalue weighted by Gasteiger charge is 2.23. The molecule has 1 aromatic carbocycles. The average molecular weight is 201 g/mol. The summed E-state index contributed by atoms with van der Waals surface area (Å²) in [6, 6.07) is 8.04. The van der Waals surface area contributed by atoms with Crippen LogP contribution in [0.5, 0.6) is 0 Å². The predicted molar refractivity (Wildman–Crippen MR) is 59.0 cm³/mol. The van der Waals surface area contributed by atoms with Crippen LogP contribution in [-0.2, 0) is 11.0 Å². The quantitative estimate of drug-likeness (QED) is 0.632. The van der Waals surface area contributed by atoms with Gasteiger partial charge < -0.3 is 0 Å². The fourth-order valence-electron chi connectivity index (χ4n) is 1.75. The van der Waals surface area contributed by atoms with Crippen LogP contribution in [0, 0.1) is 0 Å². The van der Waals surface area contributed by atoms with Crippen molar-refractivity contribution < 1.29 is 4.21 Å². The van der Waals surface area contributed by atoms with Crippen molar-refractivity contribution in [2.24, 2.45) is 4.40 Å². The van der Waals surface area contributed by atoms with E-state index < -0.39 is 11.0 Å². The van der Waals surface area contributed by atoms with Gasteiger partial charge in [0.1, 0.15) is 0 Å². The van der Waals surface area contributed by atoms with Gasteiger partial charge in [-0.25, -0.2) is 4.21 Å². The Hall–Kier alpha value is -1.48. The first kappa shape index (κ1) is 7.88. The molecule has 2 aliphatic rings. The van der Waals surface area contributed by atoms with Crippen molar-refractivity contribution in [2.45, 2.75) is 0 Å². The highest BCUT2D eigenvalue weighted by Crippen LogP contribution is 2.38. The van der Waals surface area contributed by atoms with Crippen molar-refractivity contribution in [3.63, 3.8) is 0 Å². The molecule has 0 N–H and O–H groups in total. The summed E-state index contributed by atoms with van der Waals surface area (Å²) in [5.74, 6) is 0. The van der Waals surface area contributed by atoms with Crippen LogP contribution in [0.1, 0.15) is 11.1 Å². The fraction of sp³-hybridized carbons (Fsp3) is 0. The van der Waals surface area contributed by atoms with Gasteiger partial charge in [0.15, 0.2) is 11.0 Å². The van der Waals surface area contributed by atoms with Crippen molar-refractivity contribution in [2.75, 3.05) is 0 Å². The van der Waals surface area contributed by atoms with Gasteiger partial charge in [-0.15, -0.1) is 0 Å². The maximum atomic E-state index is 11.5. The molecule has 2 nitrogen and oxygen atoms in total. The minimum absolute atomic E-state index is 0.828. The second kappa shape index (κ2) is 2.75. The molecular formula is C11H7NOS. The Kier molecular flexibility index (Phi) is 1.55. The normalized spacial score (nSPS) is 22.4. The number of hydrogen-bond acceptors (Lipinski definition) is 1. The van der Waals surface area contributed by atoms with E-state index in [1.807, 2.05) is 36.4 Å². The monoisotopic (exact) mass is 201 g/mol. The van der Waals surface area contributed by atoms with E-state index in [2.05, 4.69) is 4.40 Å². The Morgan fingerprint density at radius 2 is 2.07 bits per heavy atom. The first-order valence-electron chi connectivity index (χ1n) is 4.34. The smallest absolute Gasteiger partial charge is 0.173 e. The van der Waals surface area contributed by atoms with Crippen LogP contribution in [0.25, 0.3) is 11.6 Å². The van der Waals surface area contributed by atoms with E-state index in [4.69, 9.17) is 0 Å². The summed E-state index contributed by atoms with van der Waals surface area (Å²) in [4.78, 5) is 0.828. The Labute approximate surface area is 84.3 Å². The van der Waals surface area contributed by atoms with Gasteiger partial charge in [0.2, 0.25) is 0 Å². The molecule has 1 aromatic rings. The van der Waals surface area contributed by atoms with E-state index in [-0.39, 0.29) is 0 Å². The second-order valence-electron chi connectivity index (χ2n) is 3.18. The van der Waals surface area contributed by atoms with Gasteiger partial charge in [-0.2, -0.15) is 4.40 Å². The third kappa shape index (κ3) is 0.960. The summed E-state index contributed by atoms with van der Waals surface area (Å²) in [6.45, 7) is 0. The molecule has 0 amide bonds. The van der Waals surface area contributed by atoms with Gasteiger partial charge >= 0.3 is 0 Å². The Morgan fingerprint density at radius 1 is 1.21 bits per heavy atom. The molecule has 14 heavy (non-hydrogen) atoms. The number of rotatable bonds is 0. The first-order valence-corrected chi connectivity index (χ1v) is 5.45. The Morgan fingerprint density at radius 3 is 3.00 bits per heavy atom. The molecule has 3 heteroatoms. The second-order valence-corrected chi connectivity index (χ2v) is 4.33. The molecule has 0 aromatic heterocycles. The van der Waals surface area contributed by atoms with E-state index in [9.17, 15) is 4.21 Å². The highest BCUT2D eigenvalue weighted by atomic mass is 32.2. The first-order chi connectivity index (χ1) is 6.86. The van der Waals surface area contributed by atoms with Crippen LogP contribution in [0.3, 0.4) is 0 Å². The third-order valence-electron chi connectivity index (χ3n) is 2.39. The maximum absolute atomic E-state index is 11.5. The number of hydrogen-bond donors (Lipinski definition) is 0. The molecule has 1 aliphatic heterocycles. The standard InChI is InChI=1S/C11H7NOS/c13-14-11-7-8-3-1-2-4-9(8)10(11)5-6-12-14/h1-7H. The minimum atomic E-state index is -1.21. The predicted octanol–water partition coefficient (Wildman–Crippen LogP) is 2.17. The molecule has 0 bridgehead atoms. The van der Waals surface area contributed by atoms with Crippen LogP contribution < -0.4 is 0 Å². The van der Waals surface area contributed by atoms with E-state index in [1.165, 1.54) is 0 Å². The largest absolute Gasteiger partial charge is 0.229 e. The van der Waals surface area contributed by atoms with Crippen LogP contribution in [-0.4, -0.2) is 10.4 Å². The minimum Gasteiger partial charge on any atom is -0.229 e. The molecule has 1 aliphatic carbocycles. The lowest BCUT2D eigenvalue weighted by molar-refractivity contribution is 0.689. The topological polar surface area (TPSA) is 29.4 Å². The summed E-state index contributed by atoms with van der Waals surface area (Å²) in [6.07, 6.45) is 5.48. The molecule has 1 atom stereocenters. The molecule has 1 unspecified atom stereocenters. The zero-order valence-corrected chi connectivity index (χ0v) is 8.12. The van der Waals surface area contributed by atoms with Crippen molar-refractivity contribution in [1.82, 2.24) is 0 Å². The molecular weight excluding hydrogens is 194 g/mol. The third-order valence-corrected chi connectivity index (χ3v) is 3.42. The molecule has 0 fully saturated rings. The van der Waals surface area contributed by atoms with Gasteiger partial charge in [0.05, 0.1) is 4.91 Å². The van der Waals surface area contributed by atoms with Crippen molar-refractivity contribution >= 4 is 28.8 Å². The summed E-state index contributed by atoms with van der Waals surface area (Å²) in [5, 5.41) is 0. The lowest BCUT2D eigenvalue weighted by Gasteiger charge is -2.06. The number of allylic oxidation sites excluding steroid dienone is 2. The van der Waals surface area contributed by atoms with Crippen molar-refractivity contribution in [1.29, 1.82) is 0 Å². The summed E-state index contributed by atoms with van der Waals surface area (Å²) in [7, 11) is -1.21. The molecule has 1 heterocycles. The van der Waals surface area contributed by atoms with Gasteiger partial charge in [-0.3, -0.25) is 0 Å². The van der Waals surface area contributed by atoms with E-state index >= 15 is 0 Å². The maximum Gasteiger partial charge on any atom is 0.173 e. The molecule has 3 rings (SSSR count). The highest BCUT2D eigenvalue weighted by molar-refractivity contribution is 7.88. The average Bonchev–Trinajstić information content (AvgIpc) is 2.59. The van der Waals surface area contributed by atoms with E-state index in [0.717, 1.165) is 21.6 Å². The molecule has 68 valence electrons. The Bertz CT molecular complexity index is 526. The molecule has 0 radical (unpaired) electrons. The fourth-order valence-corrected chi connectivity index (χ4v) is 2.63. The van der Waals surface area contributed by atoms with Crippen LogP contribution in [0.2, 0.25) is 0 Å². The van der Waals surface area contributed by atoms with Gasteiger partial charge in [-0.1, -0.05) is 24.3 Å². The van der Waals surface area contributed by atoms with Gasteiger partial charge in [0.25, 0.3) is 0 Å². The van der Waals surface area contributed by atoms with E-state index in [1.54, 1.807) is 6.21 Å². The molecule has 0 saturated heterocycles. The van der Waals surface area contributed by atoms with E-state index in [0.29, 0.717) is 0 Å². The van der Waals surface area contributed by atoms with Gasteiger partial charge in [-0.05, 0) is 23.3 Å². The summed E-state index contributed by atoms with van der Waals surface area (Å²) >= 11 is 0. The lowest BCUT2D eigenvalue weighted by atomic mass is 10.1. The van der Waals surface area contributed by atoms with Gasteiger partial charge in [0, 0.05) is 11.8 Å². The van der Waals surface area contributed by atoms with Crippen LogP contribution in [0.15, 0.2) is 39.6 Å². The zero-order chi connectivity index (χ0) is 9.54. The zero-order valence-electron chi connectivity index (χ0n) is 7.31. The lowest BCUT2D eigenvalue weighted by Crippen LogP contribution is -1.96. The molecule has 0 saturated carbocycles.